The second kappa shape index (κ2) is 6.17. The van der Waals surface area contributed by atoms with Crippen molar-refractivity contribution < 1.29 is 4.79 Å². The molecule has 0 unspecified atom stereocenters. The highest BCUT2D eigenvalue weighted by Gasteiger charge is 2.07. The molecular formula is C11H15N3OS. The van der Waals surface area contributed by atoms with E-state index in [0.29, 0.717) is 11.7 Å². The maximum absolute atomic E-state index is 11.3. The Balaban J connectivity index is 2.34. The molecule has 0 saturated heterocycles. The van der Waals surface area contributed by atoms with Crippen LogP contribution >= 0.6 is 12.2 Å². The van der Waals surface area contributed by atoms with Crippen LogP contribution in [0.4, 0.5) is 0 Å². The van der Waals surface area contributed by atoms with E-state index in [1.54, 1.807) is 12.4 Å². The predicted molar refractivity (Wildman–Crippen MR) is 66.7 cm³/mol. The molecule has 0 aliphatic rings. The number of carbonyl (C=O) groups is 1. The summed E-state index contributed by atoms with van der Waals surface area (Å²) in [6, 6.07) is 3.79. The molecule has 86 valence electrons. The first-order valence-electron chi connectivity index (χ1n) is 5.07. The largest absolute Gasteiger partial charge is 0.358 e. The van der Waals surface area contributed by atoms with Crippen molar-refractivity contribution in [2.45, 2.75) is 20.4 Å². The van der Waals surface area contributed by atoms with Gasteiger partial charge in [-0.05, 0) is 23.8 Å². The van der Waals surface area contributed by atoms with E-state index < -0.39 is 0 Å². The fraction of sp³-hybridized carbons (Fsp3) is 0.364. The van der Waals surface area contributed by atoms with Gasteiger partial charge in [0.05, 0.1) is 0 Å². The Morgan fingerprint density at radius 1 is 1.56 bits per heavy atom. The van der Waals surface area contributed by atoms with Crippen LogP contribution in [-0.2, 0) is 11.3 Å². The molecule has 5 heteroatoms. The normalized spacial score (nSPS) is 9.94. The van der Waals surface area contributed by atoms with Gasteiger partial charge in [-0.3, -0.25) is 9.78 Å². The Kier molecular flexibility index (Phi) is 4.85. The van der Waals surface area contributed by atoms with Gasteiger partial charge in [-0.15, -0.1) is 0 Å². The van der Waals surface area contributed by atoms with Crippen molar-refractivity contribution in [1.82, 2.24) is 15.6 Å². The summed E-state index contributed by atoms with van der Waals surface area (Å²) in [7, 11) is 0. The topological polar surface area (TPSA) is 54.0 Å². The molecule has 1 aromatic heterocycles. The standard InChI is InChI=1S/C11H15N3OS/c1-8(2)10(15)14-11(16)13-7-9-4-3-5-12-6-9/h3-6,8H,7H2,1-2H3,(H2,13,14,15,16). The van der Waals surface area contributed by atoms with Crippen molar-refractivity contribution in [2.24, 2.45) is 5.92 Å². The lowest BCUT2D eigenvalue weighted by Gasteiger charge is -2.10. The predicted octanol–water partition coefficient (Wildman–Crippen LogP) is 1.23. The highest BCUT2D eigenvalue weighted by Crippen LogP contribution is 1.94. The number of aromatic nitrogens is 1. The molecule has 0 atom stereocenters. The second-order valence-electron chi connectivity index (χ2n) is 3.69. The molecule has 0 aliphatic heterocycles. The van der Waals surface area contributed by atoms with E-state index in [4.69, 9.17) is 12.2 Å². The van der Waals surface area contributed by atoms with Crippen molar-refractivity contribution in [3.05, 3.63) is 30.1 Å². The quantitative estimate of drug-likeness (QED) is 0.776. The summed E-state index contributed by atoms with van der Waals surface area (Å²) < 4.78 is 0. The molecule has 16 heavy (non-hydrogen) atoms. The van der Waals surface area contributed by atoms with Crippen LogP contribution in [0.1, 0.15) is 19.4 Å². The average molecular weight is 237 g/mol. The Hall–Kier alpha value is -1.49. The lowest BCUT2D eigenvalue weighted by molar-refractivity contribution is -0.122. The number of carbonyl (C=O) groups excluding carboxylic acids is 1. The number of hydrogen-bond acceptors (Lipinski definition) is 3. The van der Waals surface area contributed by atoms with Gasteiger partial charge in [0.1, 0.15) is 0 Å². The first-order chi connectivity index (χ1) is 7.59. The maximum atomic E-state index is 11.3. The van der Waals surface area contributed by atoms with Crippen LogP contribution in [0.2, 0.25) is 0 Å². The minimum atomic E-state index is -0.0799. The lowest BCUT2D eigenvalue weighted by atomic mass is 10.2. The van der Waals surface area contributed by atoms with E-state index >= 15 is 0 Å². The molecule has 1 amide bonds. The van der Waals surface area contributed by atoms with E-state index in [1.807, 2.05) is 26.0 Å². The molecule has 0 bridgehead atoms. The molecular weight excluding hydrogens is 222 g/mol. The number of hydrogen-bond donors (Lipinski definition) is 2. The number of nitrogens with zero attached hydrogens (tertiary/aromatic N) is 1. The van der Waals surface area contributed by atoms with Gasteiger partial charge in [0, 0.05) is 24.9 Å². The smallest absolute Gasteiger partial charge is 0.228 e. The molecule has 1 heterocycles. The van der Waals surface area contributed by atoms with Gasteiger partial charge in [-0.1, -0.05) is 19.9 Å². The van der Waals surface area contributed by atoms with Crippen LogP contribution < -0.4 is 10.6 Å². The third kappa shape index (κ3) is 4.35. The molecule has 1 aromatic rings. The molecule has 2 N–H and O–H groups in total. The first kappa shape index (κ1) is 12.6. The molecule has 4 nitrogen and oxygen atoms in total. The number of pyridine rings is 1. The number of rotatable bonds is 3. The third-order valence-electron chi connectivity index (χ3n) is 1.94. The SMILES string of the molecule is CC(C)C(=O)NC(=S)NCc1cccnc1. The van der Waals surface area contributed by atoms with Crippen LogP contribution in [0.3, 0.4) is 0 Å². The summed E-state index contributed by atoms with van der Waals surface area (Å²) in [5.74, 6) is -0.151. The monoisotopic (exact) mass is 237 g/mol. The van der Waals surface area contributed by atoms with E-state index in [9.17, 15) is 4.79 Å². The van der Waals surface area contributed by atoms with E-state index in [-0.39, 0.29) is 11.8 Å². The van der Waals surface area contributed by atoms with Crippen molar-refractivity contribution in [2.75, 3.05) is 0 Å². The van der Waals surface area contributed by atoms with Crippen LogP contribution in [0, 0.1) is 5.92 Å². The van der Waals surface area contributed by atoms with Gasteiger partial charge in [-0.2, -0.15) is 0 Å². The Morgan fingerprint density at radius 3 is 2.88 bits per heavy atom. The molecule has 0 spiro atoms. The minimum Gasteiger partial charge on any atom is -0.358 e. The Bertz CT molecular complexity index is 365. The van der Waals surface area contributed by atoms with Crippen molar-refractivity contribution in [3.63, 3.8) is 0 Å². The van der Waals surface area contributed by atoms with Crippen LogP contribution in [0.15, 0.2) is 24.5 Å². The van der Waals surface area contributed by atoms with Gasteiger partial charge in [0.15, 0.2) is 5.11 Å². The molecule has 0 saturated carbocycles. The summed E-state index contributed by atoms with van der Waals surface area (Å²) in [4.78, 5) is 15.3. The van der Waals surface area contributed by atoms with Gasteiger partial charge < -0.3 is 10.6 Å². The molecule has 1 rings (SSSR count). The Morgan fingerprint density at radius 2 is 2.31 bits per heavy atom. The molecule has 0 fully saturated rings. The van der Waals surface area contributed by atoms with Gasteiger partial charge in [0.2, 0.25) is 5.91 Å². The van der Waals surface area contributed by atoms with Crippen LogP contribution in [0.25, 0.3) is 0 Å². The third-order valence-corrected chi connectivity index (χ3v) is 2.18. The van der Waals surface area contributed by atoms with Gasteiger partial charge >= 0.3 is 0 Å². The Labute approximate surface area is 100 Å². The van der Waals surface area contributed by atoms with Crippen LogP contribution in [-0.4, -0.2) is 16.0 Å². The zero-order valence-corrected chi connectivity index (χ0v) is 10.2. The van der Waals surface area contributed by atoms with Gasteiger partial charge in [0.25, 0.3) is 0 Å². The van der Waals surface area contributed by atoms with Crippen LogP contribution in [0.5, 0.6) is 0 Å². The fourth-order valence-corrected chi connectivity index (χ4v) is 1.16. The molecule has 0 radical (unpaired) electrons. The summed E-state index contributed by atoms with van der Waals surface area (Å²) in [6.45, 7) is 4.20. The highest BCUT2D eigenvalue weighted by molar-refractivity contribution is 7.80. The zero-order chi connectivity index (χ0) is 12.0. The van der Waals surface area contributed by atoms with Gasteiger partial charge in [-0.25, -0.2) is 0 Å². The fourth-order valence-electron chi connectivity index (χ4n) is 0.985. The zero-order valence-electron chi connectivity index (χ0n) is 9.36. The van der Waals surface area contributed by atoms with E-state index in [0.717, 1.165) is 5.56 Å². The maximum Gasteiger partial charge on any atom is 0.228 e. The van der Waals surface area contributed by atoms with E-state index in [2.05, 4.69) is 15.6 Å². The van der Waals surface area contributed by atoms with E-state index in [1.165, 1.54) is 0 Å². The first-order valence-corrected chi connectivity index (χ1v) is 5.48. The van der Waals surface area contributed by atoms with Crippen molar-refractivity contribution >= 4 is 23.2 Å². The lowest BCUT2D eigenvalue weighted by Crippen LogP contribution is -2.40. The summed E-state index contributed by atoms with van der Waals surface area (Å²) in [5.41, 5.74) is 1.02. The van der Waals surface area contributed by atoms with Crippen molar-refractivity contribution in [3.8, 4) is 0 Å². The summed E-state index contributed by atoms with van der Waals surface area (Å²) >= 11 is 4.99. The minimum absolute atomic E-state index is 0.0712. The number of thiocarbonyl (C=S) groups is 1. The summed E-state index contributed by atoms with van der Waals surface area (Å²) in [6.07, 6.45) is 3.46. The number of amides is 1. The number of nitrogens with one attached hydrogen (secondary N) is 2. The average Bonchev–Trinajstić information content (AvgIpc) is 2.27. The second-order valence-corrected chi connectivity index (χ2v) is 4.10. The summed E-state index contributed by atoms with van der Waals surface area (Å²) in [5, 5.41) is 5.90. The highest BCUT2D eigenvalue weighted by atomic mass is 32.1. The molecule has 0 aromatic carbocycles. The molecule has 0 aliphatic carbocycles. The van der Waals surface area contributed by atoms with Crippen molar-refractivity contribution in [1.29, 1.82) is 0 Å².